The first-order valence-corrected chi connectivity index (χ1v) is 9.54. The number of benzene rings is 3. The van der Waals surface area contributed by atoms with Gasteiger partial charge in [-0.1, -0.05) is 51.0 Å². The first kappa shape index (κ1) is 14.7. The van der Waals surface area contributed by atoms with Crippen molar-refractivity contribution >= 4 is 43.0 Å². The molecular formula is C22H22S. The second kappa shape index (κ2) is 5.98. The summed E-state index contributed by atoms with van der Waals surface area (Å²) in [6.07, 6.45) is 4.72. The van der Waals surface area contributed by atoms with E-state index in [1.807, 2.05) is 11.3 Å². The second-order valence-electron chi connectivity index (χ2n) is 6.37. The van der Waals surface area contributed by atoms with Crippen LogP contribution in [0.1, 0.15) is 37.8 Å². The van der Waals surface area contributed by atoms with Gasteiger partial charge in [0.05, 0.1) is 0 Å². The molecule has 0 saturated heterocycles. The SMILES string of the molecule is CCCc1c2cc3ccccc3cc2c(CCC)c2sccc12. The smallest absolute Gasteiger partial charge is 0.0383 e. The highest BCUT2D eigenvalue weighted by Gasteiger charge is 2.14. The van der Waals surface area contributed by atoms with E-state index in [1.165, 1.54) is 44.5 Å². The van der Waals surface area contributed by atoms with Crippen molar-refractivity contribution in [1.29, 1.82) is 0 Å². The van der Waals surface area contributed by atoms with Crippen molar-refractivity contribution < 1.29 is 0 Å². The van der Waals surface area contributed by atoms with Gasteiger partial charge in [0.2, 0.25) is 0 Å². The summed E-state index contributed by atoms with van der Waals surface area (Å²) >= 11 is 1.91. The van der Waals surface area contributed by atoms with Crippen LogP contribution in [0.15, 0.2) is 47.8 Å². The van der Waals surface area contributed by atoms with E-state index in [2.05, 4.69) is 61.7 Å². The van der Waals surface area contributed by atoms with Crippen molar-refractivity contribution in [3.8, 4) is 0 Å². The molecule has 4 rings (SSSR count). The Bertz CT molecular complexity index is 912. The van der Waals surface area contributed by atoms with Crippen LogP contribution in [-0.2, 0) is 12.8 Å². The number of thiophene rings is 1. The maximum Gasteiger partial charge on any atom is 0.0383 e. The molecule has 4 aromatic rings. The zero-order valence-corrected chi connectivity index (χ0v) is 14.7. The van der Waals surface area contributed by atoms with E-state index >= 15 is 0 Å². The molecule has 0 aliphatic rings. The fourth-order valence-corrected chi connectivity index (χ4v) is 4.82. The fraction of sp³-hybridized carbons (Fsp3) is 0.273. The van der Waals surface area contributed by atoms with Gasteiger partial charge in [-0.25, -0.2) is 0 Å². The lowest BCUT2D eigenvalue weighted by atomic mass is 9.90. The summed E-state index contributed by atoms with van der Waals surface area (Å²) in [5.74, 6) is 0. The van der Waals surface area contributed by atoms with E-state index in [0.717, 1.165) is 12.8 Å². The van der Waals surface area contributed by atoms with Crippen LogP contribution in [0.5, 0.6) is 0 Å². The predicted octanol–water partition coefficient (Wildman–Crippen LogP) is 7.11. The molecular weight excluding hydrogens is 296 g/mol. The maximum atomic E-state index is 2.42. The molecule has 116 valence electrons. The molecule has 0 aliphatic carbocycles. The van der Waals surface area contributed by atoms with E-state index in [-0.39, 0.29) is 0 Å². The van der Waals surface area contributed by atoms with Crippen molar-refractivity contribution in [2.45, 2.75) is 39.5 Å². The van der Waals surface area contributed by atoms with Crippen LogP contribution in [0, 0.1) is 0 Å². The zero-order valence-electron chi connectivity index (χ0n) is 13.9. The molecule has 0 unspecified atom stereocenters. The number of hydrogen-bond donors (Lipinski definition) is 0. The molecule has 0 amide bonds. The maximum absolute atomic E-state index is 2.42. The molecule has 1 aromatic heterocycles. The normalized spacial score (nSPS) is 11.7. The average molecular weight is 318 g/mol. The van der Waals surface area contributed by atoms with Gasteiger partial charge >= 0.3 is 0 Å². The van der Waals surface area contributed by atoms with Gasteiger partial charge in [-0.3, -0.25) is 0 Å². The molecule has 0 atom stereocenters. The Hall–Kier alpha value is -1.86. The van der Waals surface area contributed by atoms with Crippen molar-refractivity contribution in [2.24, 2.45) is 0 Å². The summed E-state index contributed by atoms with van der Waals surface area (Å²) in [6, 6.07) is 15.9. The standard InChI is InChI=1S/C22H22S/c1-3-7-17-19-11-12-23-22(19)18(8-4-2)21-14-16-10-6-5-9-15(16)13-20(17)21/h5-6,9-14H,3-4,7-8H2,1-2H3. The monoisotopic (exact) mass is 318 g/mol. The van der Waals surface area contributed by atoms with E-state index in [4.69, 9.17) is 0 Å². The zero-order chi connectivity index (χ0) is 15.8. The number of aryl methyl sites for hydroxylation is 2. The van der Waals surface area contributed by atoms with Crippen LogP contribution >= 0.6 is 11.3 Å². The Balaban J connectivity index is 2.20. The first-order valence-electron chi connectivity index (χ1n) is 8.67. The Morgan fingerprint density at radius 3 is 2.00 bits per heavy atom. The van der Waals surface area contributed by atoms with Gasteiger partial charge in [0.25, 0.3) is 0 Å². The third-order valence-corrected chi connectivity index (χ3v) is 5.77. The van der Waals surface area contributed by atoms with Gasteiger partial charge in [0, 0.05) is 4.70 Å². The van der Waals surface area contributed by atoms with Crippen LogP contribution in [0.25, 0.3) is 31.6 Å². The molecule has 0 spiro atoms. The van der Waals surface area contributed by atoms with Crippen molar-refractivity contribution in [3.05, 3.63) is 59.0 Å². The molecule has 1 heterocycles. The van der Waals surface area contributed by atoms with E-state index in [9.17, 15) is 0 Å². The van der Waals surface area contributed by atoms with Crippen molar-refractivity contribution in [3.63, 3.8) is 0 Å². The summed E-state index contributed by atoms with van der Waals surface area (Å²) in [4.78, 5) is 0. The molecule has 1 heteroatoms. The third kappa shape index (κ3) is 2.35. The Morgan fingerprint density at radius 1 is 0.739 bits per heavy atom. The molecule has 0 bridgehead atoms. The van der Waals surface area contributed by atoms with E-state index in [1.54, 1.807) is 11.1 Å². The predicted molar refractivity (Wildman–Crippen MR) is 105 cm³/mol. The van der Waals surface area contributed by atoms with Gasteiger partial charge in [-0.2, -0.15) is 0 Å². The van der Waals surface area contributed by atoms with Gasteiger partial charge in [0.1, 0.15) is 0 Å². The number of hydrogen-bond acceptors (Lipinski definition) is 1. The molecule has 0 aliphatic heterocycles. The Morgan fingerprint density at radius 2 is 1.35 bits per heavy atom. The van der Waals surface area contributed by atoms with Gasteiger partial charge in [0.15, 0.2) is 0 Å². The Labute approximate surface area is 141 Å². The van der Waals surface area contributed by atoms with E-state index < -0.39 is 0 Å². The molecule has 0 fully saturated rings. The molecule has 0 nitrogen and oxygen atoms in total. The Kier molecular flexibility index (Phi) is 3.82. The first-order chi connectivity index (χ1) is 11.3. The molecule has 3 aromatic carbocycles. The number of fused-ring (bicyclic) bond motifs is 3. The quantitative estimate of drug-likeness (QED) is 0.352. The molecule has 0 N–H and O–H groups in total. The lowest BCUT2D eigenvalue weighted by Gasteiger charge is -2.15. The van der Waals surface area contributed by atoms with Crippen molar-refractivity contribution in [2.75, 3.05) is 0 Å². The summed E-state index contributed by atoms with van der Waals surface area (Å²) in [5.41, 5.74) is 3.10. The third-order valence-electron chi connectivity index (χ3n) is 4.80. The van der Waals surface area contributed by atoms with Crippen LogP contribution in [0.3, 0.4) is 0 Å². The van der Waals surface area contributed by atoms with Crippen LogP contribution in [-0.4, -0.2) is 0 Å². The van der Waals surface area contributed by atoms with E-state index in [0.29, 0.717) is 0 Å². The van der Waals surface area contributed by atoms with Crippen molar-refractivity contribution in [1.82, 2.24) is 0 Å². The van der Waals surface area contributed by atoms with Crippen LogP contribution < -0.4 is 0 Å². The summed E-state index contributed by atoms with van der Waals surface area (Å²) < 4.78 is 1.51. The van der Waals surface area contributed by atoms with Gasteiger partial charge in [-0.15, -0.1) is 11.3 Å². The summed E-state index contributed by atoms with van der Waals surface area (Å²) in [6.45, 7) is 4.57. The summed E-state index contributed by atoms with van der Waals surface area (Å²) in [7, 11) is 0. The minimum absolute atomic E-state index is 1.16. The van der Waals surface area contributed by atoms with Gasteiger partial charge in [-0.05, 0) is 74.5 Å². The summed E-state index contributed by atoms with van der Waals surface area (Å²) in [5, 5.41) is 9.42. The highest BCUT2D eigenvalue weighted by molar-refractivity contribution is 7.17. The average Bonchev–Trinajstić information content (AvgIpc) is 3.06. The number of rotatable bonds is 4. The highest BCUT2D eigenvalue weighted by Crippen LogP contribution is 2.39. The topological polar surface area (TPSA) is 0 Å². The van der Waals surface area contributed by atoms with Gasteiger partial charge < -0.3 is 0 Å². The largest absolute Gasteiger partial charge is 0.143 e. The molecule has 0 saturated carbocycles. The highest BCUT2D eigenvalue weighted by atomic mass is 32.1. The lowest BCUT2D eigenvalue weighted by molar-refractivity contribution is 0.928. The lowest BCUT2D eigenvalue weighted by Crippen LogP contribution is -1.94. The minimum Gasteiger partial charge on any atom is -0.143 e. The minimum atomic E-state index is 1.16. The molecule has 0 radical (unpaired) electrons. The van der Waals surface area contributed by atoms with Crippen LogP contribution in [0.2, 0.25) is 0 Å². The fourth-order valence-electron chi connectivity index (χ4n) is 3.81. The molecule has 23 heavy (non-hydrogen) atoms. The van der Waals surface area contributed by atoms with Crippen LogP contribution in [0.4, 0.5) is 0 Å². The second-order valence-corrected chi connectivity index (χ2v) is 7.28.